The lowest BCUT2D eigenvalue weighted by molar-refractivity contribution is -0.121. The quantitative estimate of drug-likeness (QED) is 0.849. The van der Waals surface area contributed by atoms with Gasteiger partial charge in [0.15, 0.2) is 0 Å². The van der Waals surface area contributed by atoms with Gasteiger partial charge in [-0.2, -0.15) is 0 Å². The number of likely N-dealkylation sites (tertiary alicyclic amines) is 1. The molecule has 1 saturated heterocycles. The van der Waals surface area contributed by atoms with E-state index in [2.05, 4.69) is 20.9 Å². The van der Waals surface area contributed by atoms with Crippen molar-refractivity contribution in [1.82, 2.24) is 9.88 Å². The average Bonchev–Trinajstić information content (AvgIpc) is 2.84. The van der Waals surface area contributed by atoms with Crippen LogP contribution in [0.15, 0.2) is 22.8 Å². The Kier molecular flexibility index (Phi) is 3.66. The first kappa shape index (κ1) is 16.2. The number of nitrogens with two attached hydrogens (primary N) is 1. The lowest BCUT2D eigenvalue weighted by Crippen LogP contribution is -2.43. The van der Waals surface area contributed by atoms with Crippen LogP contribution in [0.3, 0.4) is 0 Å². The Morgan fingerprint density at radius 2 is 1.96 bits per heavy atom. The average molecular weight is 382 g/mol. The molecule has 1 aromatic rings. The lowest BCUT2D eigenvalue weighted by Gasteiger charge is -2.28. The maximum Gasteiger partial charge on any atom is 0.410 e. The molecule has 0 radical (unpaired) electrons. The first-order chi connectivity index (χ1) is 10.7. The fourth-order valence-corrected chi connectivity index (χ4v) is 3.83. The first-order valence-corrected chi connectivity index (χ1v) is 8.35. The van der Waals surface area contributed by atoms with Crippen LogP contribution in [0.2, 0.25) is 0 Å². The molecule has 2 fully saturated rings. The third kappa shape index (κ3) is 2.60. The lowest BCUT2D eigenvalue weighted by atomic mass is 9.94. The number of aromatic nitrogens is 1. The summed E-state index contributed by atoms with van der Waals surface area (Å²) in [7, 11) is 0. The zero-order valence-electron chi connectivity index (χ0n) is 13.4. The molecule has 3 rings (SSSR count). The number of hydrogen-bond donors (Lipinski definition) is 1. The van der Waals surface area contributed by atoms with Crippen LogP contribution >= 0.6 is 15.9 Å². The summed E-state index contributed by atoms with van der Waals surface area (Å²) in [5.41, 5.74) is 5.10. The maximum atomic E-state index is 12.2. The van der Waals surface area contributed by atoms with Crippen molar-refractivity contribution in [1.29, 1.82) is 0 Å². The zero-order valence-corrected chi connectivity index (χ0v) is 15.0. The number of piperidine rings is 1. The molecule has 2 N–H and O–H groups in total. The number of carbonyl (C=O) groups is 2. The third-order valence-electron chi connectivity index (χ3n) is 4.59. The number of hydrogen-bond acceptors (Lipinski definition) is 4. The van der Waals surface area contributed by atoms with Gasteiger partial charge in [-0.3, -0.25) is 9.78 Å². The normalized spacial score (nSPS) is 29.1. The second-order valence-electron chi connectivity index (χ2n) is 7.19. The Hall–Kier alpha value is -1.63. The van der Waals surface area contributed by atoms with Gasteiger partial charge < -0.3 is 15.4 Å². The second kappa shape index (κ2) is 5.19. The Balaban J connectivity index is 1.77. The minimum atomic E-state index is -0.751. The molecule has 1 aliphatic heterocycles. The van der Waals surface area contributed by atoms with Crippen LogP contribution < -0.4 is 5.73 Å². The van der Waals surface area contributed by atoms with Crippen molar-refractivity contribution in [2.24, 2.45) is 17.6 Å². The summed E-state index contributed by atoms with van der Waals surface area (Å²) in [6.45, 7) is 6.45. The predicted molar refractivity (Wildman–Crippen MR) is 87.6 cm³/mol. The van der Waals surface area contributed by atoms with Crippen LogP contribution in [0.1, 0.15) is 26.5 Å². The Morgan fingerprint density at radius 1 is 1.35 bits per heavy atom. The fraction of sp³-hybridized carbons (Fsp3) is 0.562. The van der Waals surface area contributed by atoms with E-state index in [-0.39, 0.29) is 23.8 Å². The fourth-order valence-electron chi connectivity index (χ4n) is 3.60. The minimum Gasteiger partial charge on any atom is -0.444 e. The first-order valence-electron chi connectivity index (χ1n) is 7.56. The standard InChI is InChI=1S/C16H20BrN3O3/c1-15(2,3)23-14(22)20-7-10-11(8-20)16(10,13(18)21)12-5-4-9(17)6-19-12/h4-6,10-11H,7-8H2,1-3H3,(H2,18,21)/t10-,11+,16+. The number of fused-ring (bicyclic) bond motifs is 1. The van der Waals surface area contributed by atoms with Gasteiger partial charge in [-0.15, -0.1) is 0 Å². The highest BCUT2D eigenvalue weighted by Crippen LogP contribution is 2.63. The van der Waals surface area contributed by atoms with Crippen molar-refractivity contribution >= 4 is 27.9 Å². The second-order valence-corrected chi connectivity index (χ2v) is 8.11. The van der Waals surface area contributed by atoms with Gasteiger partial charge in [0.25, 0.3) is 0 Å². The number of ether oxygens (including phenoxy) is 1. The summed E-state index contributed by atoms with van der Waals surface area (Å²) in [6.07, 6.45) is 1.33. The number of amides is 2. The molecule has 0 spiro atoms. The smallest absolute Gasteiger partial charge is 0.410 e. The minimum absolute atomic E-state index is 0.0150. The molecule has 0 unspecified atom stereocenters. The molecule has 124 valence electrons. The van der Waals surface area contributed by atoms with Crippen molar-refractivity contribution in [3.05, 3.63) is 28.5 Å². The van der Waals surface area contributed by atoms with E-state index in [0.29, 0.717) is 18.8 Å². The summed E-state index contributed by atoms with van der Waals surface area (Å²) in [4.78, 5) is 30.3. The highest BCUT2D eigenvalue weighted by molar-refractivity contribution is 9.10. The van der Waals surface area contributed by atoms with Crippen molar-refractivity contribution in [2.45, 2.75) is 31.8 Å². The van der Waals surface area contributed by atoms with Gasteiger partial charge in [-0.25, -0.2) is 4.79 Å². The Morgan fingerprint density at radius 3 is 2.39 bits per heavy atom. The van der Waals surface area contributed by atoms with Crippen molar-refractivity contribution in [3.63, 3.8) is 0 Å². The van der Waals surface area contributed by atoms with Crippen LogP contribution in [-0.4, -0.2) is 40.6 Å². The molecule has 23 heavy (non-hydrogen) atoms. The molecule has 2 amide bonds. The summed E-state index contributed by atoms with van der Waals surface area (Å²) in [5, 5.41) is 0. The van der Waals surface area contributed by atoms with Crippen LogP contribution in [0.25, 0.3) is 0 Å². The van der Waals surface area contributed by atoms with Gasteiger partial charge in [-0.05, 0) is 48.8 Å². The third-order valence-corrected chi connectivity index (χ3v) is 5.06. The predicted octanol–water partition coefficient (Wildman–Crippen LogP) is 2.06. The van der Waals surface area contributed by atoms with Crippen LogP contribution in [0, 0.1) is 11.8 Å². The Bertz CT molecular complexity index is 642. The topological polar surface area (TPSA) is 85.5 Å². The molecule has 1 saturated carbocycles. The van der Waals surface area contributed by atoms with E-state index in [1.165, 1.54) is 0 Å². The van der Waals surface area contributed by atoms with Gasteiger partial charge in [0.2, 0.25) is 5.91 Å². The molecule has 1 aromatic heterocycles. The molecule has 6 nitrogen and oxygen atoms in total. The molecule has 3 atom stereocenters. The molecule has 1 aliphatic carbocycles. The number of nitrogens with zero attached hydrogens (tertiary/aromatic N) is 2. The summed E-state index contributed by atoms with van der Waals surface area (Å²) in [5.74, 6) is -0.339. The van der Waals surface area contributed by atoms with E-state index >= 15 is 0 Å². The van der Waals surface area contributed by atoms with Crippen molar-refractivity contribution < 1.29 is 14.3 Å². The van der Waals surface area contributed by atoms with Crippen molar-refractivity contribution in [3.8, 4) is 0 Å². The van der Waals surface area contributed by atoms with E-state index in [0.717, 1.165) is 4.47 Å². The van der Waals surface area contributed by atoms with E-state index < -0.39 is 11.0 Å². The van der Waals surface area contributed by atoms with E-state index in [1.807, 2.05) is 32.9 Å². The molecule has 0 aromatic carbocycles. The number of rotatable bonds is 2. The van der Waals surface area contributed by atoms with Gasteiger partial charge in [0, 0.05) is 35.6 Å². The monoisotopic (exact) mass is 381 g/mol. The van der Waals surface area contributed by atoms with Crippen molar-refractivity contribution in [2.75, 3.05) is 13.1 Å². The molecule has 0 bridgehead atoms. The SMILES string of the molecule is CC(C)(C)OC(=O)N1C[C@@H]2[C@H](C1)[C@]2(C(N)=O)c1ccc(Br)cn1. The van der Waals surface area contributed by atoms with Crippen LogP contribution in [0.5, 0.6) is 0 Å². The van der Waals surface area contributed by atoms with Gasteiger partial charge in [0.05, 0.1) is 5.69 Å². The highest BCUT2D eigenvalue weighted by Gasteiger charge is 2.74. The van der Waals surface area contributed by atoms with E-state index in [4.69, 9.17) is 10.5 Å². The molecule has 7 heteroatoms. The molecule has 2 aliphatic rings. The van der Waals surface area contributed by atoms with Gasteiger partial charge in [0.1, 0.15) is 11.0 Å². The van der Waals surface area contributed by atoms with Crippen LogP contribution in [0.4, 0.5) is 4.79 Å². The molecular formula is C16H20BrN3O3. The Labute approximate surface area is 143 Å². The number of carbonyl (C=O) groups excluding carboxylic acids is 2. The van der Waals surface area contributed by atoms with E-state index in [9.17, 15) is 9.59 Å². The number of pyridine rings is 1. The number of primary amides is 1. The maximum absolute atomic E-state index is 12.2. The zero-order chi connectivity index (χ0) is 17.0. The summed E-state index contributed by atoms with van der Waals surface area (Å²) >= 11 is 3.34. The molecular weight excluding hydrogens is 362 g/mol. The largest absolute Gasteiger partial charge is 0.444 e. The van der Waals surface area contributed by atoms with E-state index in [1.54, 1.807) is 11.1 Å². The summed E-state index contributed by atoms with van der Waals surface area (Å²) < 4.78 is 6.24. The highest BCUT2D eigenvalue weighted by atomic mass is 79.9. The van der Waals surface area contributed by atoms with Gasteiger partial charge in [-0.1, -0.05) is 0 Å². The van der Waals surface area contributed by atoms with Gasteiger partial charge >= 0.3 is 6.09 Å². The summed E-state index contributed by atoms with van der Waals surface area (Å²) in [6, 6.07) is 3.68. The molecule has 2 heterocycles. The number of halogens is 1. The van der Waals surface area contributed by atoms with Crippen LogP contribution in [-0.2, 0) is 14.9 Å².